The summed E-state index contributed by atoms with van der Waals surface area (Å²) in [6, 6.07) is 0. The highest BCUT2D eigenvalue weighted by Crippen LogP contribution is 1.83. The molecular weight excluding hydrogens is 162 g/mol. The number of ketones is 1. The number of carbonyl (C=O) groups excluding carboxylic acids is 1. The van der Waals surface area contributed by atoms with Gasteiger partial charge < -0.3 is 5.32 Å². The SMILES string of the molecule is CC.CCC(=O)CC.CCNCC. The standard InChI is InChI=1S/C5H10O.C4H11N.C2H6/c1-3-5(6)4-2;1-3-5-4-2;1-2/h3-4H2,1-2H3;5H,3-4H2,1-2H3;1-2H3. The maximum Gasteiger partial charge on any atom is 0.132 e. The van der Waals surface area contributed by atoms with Crippen LogP contribution in [0.1, 0.15) is 54.4 Å². The van der Waals surface area contributed by atoms with Crippen molar-refractivity contribution in [2.24, 2.45) is 0 Å². The summed E-state index contributed by atoms with van der Waals surface area (Å²) >= 11 is 0. The van der Waals surface area contributed by atoms with Crippen molar-refractivity contribution in [2.45, 2.75) is 54.4 Å². The Hall–Kier alpha value is -0.370. The van der Waals surface area contributed by atoms with E-state index in [1.807, 2.05) is 27.7 Å². The van der Waals surface area contributed by atoms with Crippen LogP contribution in [0.15, 0.2) is 0 Å². The van der Waals surface area contributed by atoms with Gasteiger partial charge >= 0.3 is 0 Å². The molecule has 0 aliphatic carbocycles. The van der Waals surface area contributed by atoms with Gasteiger partial charge in [0.15, 0.2) is 0 Å². The van der Waals surface area contributed by atoms with E-state index in [1.165, 1.54) is 0 Å². The molecule has 0 aromatic carbocycles. The van der Waals surface area contributed by atoms with E-state index in [0.29, 0.717) is 18.6 Å². The van der Waals surface area contributed by atoms with Crippen molar-refractivity contribution in [3.05, 3.63) is 0 Å². The number of hydrogen-bond donors (Lipinski definition) is 1. The summed E-state index contributed by atoms with van der Waals surface area (Å²) in [7, 11) is 0. The minimum atomic E-state index is 0.343. The maximum atomic E-state index is 10.2. The second kappa shape index (κ2) is 22.6. The van der Waals surface area contributed by atoms with E-state index in [-0.39, 0.29) is 0 Å². The van der Waals surface area contributed by atoms with Crippen LogP contribution in [-0.4, -0.2) is 18.9 Å². The lowest BCUT2D eigenvalue weighted by molar-refractivity contribution is -0.118. The molecule has 0 aliphatic rings. The molecule has 2 nitrogen and oxygen atoms in total. The fraction of sp³-hybridized carbons (Fsp3) is 0.909. The van der Waals surface area contributed by atoms with E-state index >= 15 is 0 Å². The molecule has 0 heterocycles. The van der Waals surface area contributed by atoms with Crippen LogP contribution in [0.2, 0.25) is 0 Å². The Morgan fingerprint density at radius 1 is 0.923 bits per heavy atom. The number of hydrogen-bond acceptors (Lipinski definition) is 2. The summed E-state index contributed by atoms with van der Waals surface area (Å²) in [6.45, 7) is 14.2. The zero-order valence-corrected chi connectivity index (χ0v) is 10.2. The molecule has 13 heavy (non-hydrogen) atoms. The molecule has 0 saturated carbocycles. The molecule has 0 bridgehead atoms. The first-order chi connectivity index (χ1) is 6.22. The Morgan fingerprint density at radius 3 is 1.23 bits per heavy atom. The van der Waals surface area contributed by atoms with Gasteiger partial charge in [0.2, 0.25) is 0 Å². The number of nitrogens with one attached hydrogen (secondary N) is 1. The van der Waals surface area contributed by atoms with Gasteiger partial charge in [-0.2, -0.15) is 0 Å². The van der Waals surface area contributed by atoms with Gasteiger partial charge in [-0.3, -0.25) is 4.79 Å². The van der Waals surface area contributed by atoms with Gasteiger partial charge in [0, 0.05) is 12.8 Å². The highest BCUT2D eigenvalue weighted by molar-refractivity contribution is 5.77. The molecular formula is C11H27NO. The minimum Gasteiger partial charge on any atom is -0.317 e. The van der Waals surface area contributed by atoms with Crippen LogP contribution < -0.4 is 5.32 Å². The molecule has 1 N–H and O–H groups in total. The molecule has 2 heteroatoms. The predicted octanol–water partition coefficient (Wildman–Crippen LogP) is 3.02. The lowest BCUT2D eigenvalue weighted by Crippen LogP contribution is -2.09. The van der Waals surface area contributed by atoms with Gasteiger partial charge in [-0.25, -0.2) is 0 Å². The Morgan fingerprint density at radius 2 is 1.23 bits per heavy atom. The highest BCUT2D eigenvalue weighted by Gasteiger charge is 1.86. The first-order valence-electron chi connectivity index (χ1n) is 5.45. The van der Waals surface area contributed by atoms with E-state index < -0.39 is 0 Å². The zero-order chi connectivity index (χ0) is 11.1. The van der Waals surface area contributed by atoms with E-state index in [1.54, 1.807) is 0 Å². The number of carbonyl (C=O) groups is 1. The Labute approximate surface area is 84.1 Å². The first kappa shape index (κ1) is 18.4. The third kappa shape index (κ3) is 34.0. The van der Waals surface area contributed by atoms with Crippen molar-refractivity contribution in [1.29, 1.82) is 0 Å². The van der Waals surface area contributed by atoms with Crippen LogP contribution in [0.3, 0.4) is 0 Å². The fourth-order valence-corrected chi connectivity index (χ4v) is 0.500. The lowest BCUT2D eigenvalue weighted by atomic mass is 10.3. The summed E-state index contributed by atoms with van der Waals surface area (Å²) in [5.41, 5.74) is 0. The lowest BCUT2D eigenvalue weighted by Gasteiger charge is -1.86. The highest BCUT2D eigenvalue weighted by atomic mass is 16.1. The van der Waals surface area contributed by atoms with E-state index in [4.69, 9.17) is 0 Å². The zero-order valence-electron chi connectivity index (χ0n) is 10.2. The molecule has 0 rings (SSSR count). The molecule has 0 atom stereocenters. The number of Topliss-reactive ketones (excluding diaryl/α,β-unsaturated/α-hetero) is 1. The number of rotatable bonds is 4. The average molecular weight is 189 g/mol. The van der Waals surface area contributed by atoms with Crippen molar-refractivity contribution in [2.75, 3.05) is 13.1 Å². The second-order valence-corrected chi connectivity index (χ2v) is 2.20. The average Bonchev–Trinajstić information content (AvgIpc) is 2.22. The quantitative estimate of drug-likeness (QED) is 0.736. The van der Waals surface area contributed by atoms with E-state index in [2.05, 4.69) is 19.2 Å². The summed E-state index contributed by atoms with van der Waals surface area (Å²) in [5.74, 6) is 0.343. The van der Waals surface area contributed by atoms with Crippen LogP contribution in [0.5, 0.6) is 0 Å². The molecule has 0 aromatic heterocycles. The van der Waals surface area contributed by atoms with Crippen LogP contribution in [0.4, 0.5) is 0 Å². The predicted molar refractivity (Wildman–Crippen MR) is 61.2 cm³/mol. The summed E-state index contributed by atoms with van der Waals surface area (Å²) in [4.78, 5) is 10.2. The van der Waals surface area contributed by atoms with Crippen molar-refractivity contribution in [3.8, 4) is 0 Å². The summed E-state index contributed by atoms with van der Waals surface area (Å²) < 4.78 is 0. The molecule has 0 aromatic rings. The molecule has 82 valence electrons. The second-order valence-electron chi connectivity index (χ2n) is 2.20. The molecule has 0 unspecified atom stereocenters. The third-order valence-corrected chi connectivity index (χ3v) is 1.29. The van der Waals surface area contributed by atoms with Gasteiger partial charge in [0.05, 0.1) is 0 Å². The molecule has 0 fully saturated rings. The van der Waals surface area contributed by atoms with Gasteiger partial charge in [-0.1, -0.05) is 41.5 Å². The monoisotopic (exact) mass is 189 g/mol. The maximum absolute atomic E-state index is 10.2. The molecule has 0 amide bonds. The van der Waals surface area contributed by atoms with Crippen molar-refractivity contribution in [3.63, 3.8) is 0 Å². The Balaban J connectivity index is -0.000000131. The third-order valence-electron chi connectivity index (χ3n) is 1.29. The van der Waals surface area contributed by atoms with Crippen LogP contribution >= 0.6 is 0 Å². The Bertz CT molecular complexity index is 74.2. The van der Waals surface area contributed by atoms with Gasteiger partial charge in [0.25, 0.3) is 0 Å². The smallest absolute Gasteiger partial charge is 0.132 e. The molecule has 0 saturated heterocycles. The fourth-order valence-electron chi connectivity index (χ4n) is 0.500. The summed E-state index contributed by atoms with van der Waals surface area (Å²) in [5, 5.41) is 3.11. The van der Waals surface area contributed by atoms with Crippen LogP contribution in [-0.2, 0) is 4.79 Å². The normalized spacial score (nSPS) is 7.54. The van der Waals surface area contributed by atoms with E-state index in [0.717, 1.165) is 13.1 Å². The summed E-state index contributed by atoms with van der Waals surface area (Å²) in [6.07, 6.45) is 1.38. The largest absolute Gasteiger partial charge is 0.317 e. The van der Waals surface area contributed by atoms with Crippen molar-refractivity contribution < 1.29 is 4.79 Å². The Kier molecular flexibility index (Phi) is 32.0. The van der Waals surface area contributed by atoms with Gasteiger partial charge in [-0.05, 0) is 13.1 Å². The van der Waals surface area contributed by atoms with Gasteiger partial charge in [0.1, 0.15) is 5.78 Å². The van der Waals surface area contributed by atoms with Gasteiger partial charge in [-0.15, -0.1) is 0 Å². The van der Waals surface area contributed by atoms with Crippen LogP contribution in [0, 0.1) is 0 Å². The molecule has 0 radical (unpaired) electrons. The topological polar surface area (TPSA) is 29.1 Å². The van der Waals surface area contributed by atoms with E-state index in [9.17, 15) is 4.79 Å². The van der Waals surface area contributed by atoms with Crippen molar-refractivity contribution >= 4 is 5.78 Å². The van der Waals surface area contributed by atoms with Crippen molar-refractivity contribution in [1.82, 2.24) is 5.32 Å². The molecule has 0 spiro atoms. The minimum absolute atomic E-state index is 0.343. The molecule has 0 aliphatic heterocycles. The first-order valence-corrected chi connectivity index (χ1v) is 5.45. The van der Waals surface area contributed by atoms with Crippen LogP contribution in [0.25, 0.3) is 0 Å².